The predicted molar refractivity (Wildman–Crippen MR) is 64.8 cm³/mol. The molecule has 2 aromatic rings. The van der Waals surface area contributed by atoms with Crippen LogP contribution in [0.5, 0.6) is 0 Å². The molecule has 17 heavy (non-hydrogen) atoms. The first kappa shape index (κ1) is 10.3. The molecule has 0 amide bonds. The lowest BCUT2D eigenvalue weighted by molar-refractivity contribution is 0.668. The molecule has 1 aliphatic rings. The zero-order chi connectivity index (χ0) is 11.8. The summed E-state index contributed by atoms with van der Waals surface area (Å²) >= 11 is 0. The first-order valence-electron chi connectivity index (χ1n) is 5.78. The van der Waals surface area contributed by atoms with Crippen LogP contribution < -0.4 is 5.32 Å². The maximum absolute atomic E-state index is 4.30. The molecule has 0 saturated carbocycles. The van der Waals surface area contributed by atoms with Gasteiger partial charge in [-0.2, -0.15) is 0 Å². The van der Waals surface area contributed by atoms with E-state index in [4.69, 9.17) is 0 Å². The Kier molecular flexibility index (Phi) is 2.31. The highest BCUT2D eigenvalue weighted by Gasteiger charge is 2.21. The molecule has 0 fully saturated rings. The highest BCUT2D eigenvalue weighted by molar-refractivity contribution is 5.45. The first-order valence-corrected chi connectivity index (χ1v) is 5.78. The molecule has 5 nitrogen and oxygen atoms in total. The van der Waals surface area contributed by atoms with Gasteiger partial charge in [-0.25, -0.2) is 15.0 Å². The Morgan fingerprint density at radius 3 is 3.06 bits per heavy atom. The topological polar surface area (TPSA) is 55.6 Å². The third-order valence-electron chi connectivity index (χ3n) is 3.35. The van der Waals surface area contributed by atoms with E-state index >= 15 is 0 Å². The van der Waals surface area contributed by atoms with Crippen molar-refractivity contribution in [1.82, 2.24) is 19.5 Å². The maximum Gasteiger partial charge on any atom is 0.132 e. The molecule has 0 aliphatic carbocycles. The Morgan fingerprint density at radius 2 is 2.24 bits per heavy atom. The van der Waals surface area contributed by atoms with Gasteiger partial charge >= 0.3 is 0 Å². The molecule has 3 rings (SSSR count). The quantitative estimate of drug-likeness (QED) is 0.844. The van der Waals surface area contributed by atoms with Gasteiger partial charge in [0.15, 0.2) is 0 Å². The van der Waals surface area contributed by atoms with Gasteiger partial charge in [0, 0.05) is 36.1 Å². The van der Waals surface area contributed by atoms with Crippen molar-refractivity contribution >= 4 is 5.82 Å². The average molecular weight is 229 g/mol. The minimum absolute atomic E-state index is 0.404. The van der Waals surface area contributed by atoms with E-state index < -0.39 is 0 Å². The third-order valence-corrected chi connectivity index (χ3v) is 3.35. The third kappa shape index (κ3) is 1.77. The predicted octanol–water partition coefficient (Wildman–Crippen LogP) is 1.33. The molecule has 0 saturated heterocycles. The van der Waals surface area contributed by atoms with E-state index in [0.717, 1.165) is 30.0 Å². The number of fused-ring (bicyclic) bond motifs is 1. The van der Waals surface area contributed by atoms with Crippen LogP contribution in [-0.2, 0) is 13.0 Å². The van der Waals surface area contributed by atoms with Crippen molar-refractivity contribution < 1.29 is 0 Å². The lowest BCUT2D eigenvalue weighted by Gasteiger charge is -2.14. The number of imidazole rings is 1. The van der Waals surface area contributed by atoms with Crippen molar-refractivity contribution in [2.24, 2.45) is 0 Å². The summed E-state index contributed by atoms with van der Waals surface area (Å²) in [5.74, 6) is 0.946. The van der Waals surface area contributed by atoms with E-state index in [1.54, 1.807) is 6.33 Å². The van der Waals surface area contributed by atoms with Crippen molar-refractivity contribution in [3.05, 3.63) is 35.8 Å². The van der Waals surface area contributed by atoms with Crippen LogP contribution in [0.3, 0.4) is 0 Å². The molecular formula is C12H15N5. The monoisotopic (exact) mass is 229 g/mol. The number of aromatic nitrogens is 4. The van der Waals surface area contributed by atoms with Gasteiger partial charge < -0.3 is 9.88 Å². The molecule has 0 radical (unpaired) electrons. The molecule has 5 heteroatoms. The van der Waals surface area contributed by atoms with Crippen molar-refractivity contribution in [1.29, 1.82) is 0 Å². The van der Waals surface area contributed by atoms with Crippen molar-refractivity contribution in [3.8, 4) is 0 Å². The molecule has 0 bridgehead atoms. The maximum atomic E-state index is 4.30. The molecule has 0 spiro atoms. The van der Waals surface area contributed by atoms with Gasteiger partial charge in [0.2, 0.25) is 0 Å². The molecule has 1 aliphatic heterocycles. The SMILES string of the molecule is Cc1ncnc(NC2Cc3cncn3C2)c1C. The Hall–Kier alpha value is -1.91. The fraction of sp³-hybridized carbons (Fsp3) is 0.417. The molecule has 2 aromatic heterocycles. The molecular weight excluding hydrogens is 214 g/mol. The minimum Gasteiger partial charge on any atom is -0.365 e. The summed E-state index contributed by atoms with van der Waals surface area (Å²) in [5.41, 5.74) is 3.44. The summed E-state index contributed by atoms with van der Waals surface area (Å²) < 4.78 is 2.18. The average Bonchev–Trinajstić information content (AvgIpc) is 2.85. The number of anilines is 1. The second-order valence-electron chi connectivity index (χ2n) is 4.52. The zero-order valence-electron chi connectivity index (χ0n) is 10.0. The van der Waals surface area contributed by atoms with Gasteiger partial charge in [-0.3, -0.25) is 0 Å². The Balaban J connectivity index is 1.77. The van der Waals surface area contributed by atoms with Gasteiger partial charge in [-0.15, -0.1) is 0 Å². The number of rotatable bonds is 2. The lowest BCUT2D eigenvalue weighted by atomic mass is 10.2. The van der Waals surface area contributed by atoms with Crippen LogP contribution >= 0.6 is 0 Å². The second-order valence-corrected chi connectivity index (χ2v) is 4.52. The van der Waals surface area contributed by atoms with Crippen LogP contribution in [0.4, 0.5) is 5.82 Å². The minimum atomic E-state index is 0.404. The molecule has 1 N–H and O–H groups in total. The van der Waals surface area contributed by atoms with Gasteiger partial charge in [-0.1, -0.05) is 0 Å². The molecule has 0 aromatic carbocycles. The van der Waals surface area contributed by atoms with E-state index in [0.29, 0.717) is 6.04 Å². The van der Waals surface area contributed by atoms with Gasteiger partial charge in [-0.05, 0) is 13.8 Å². The summed E-state index contributed by atoms with van der Waals surface area (Å²) in [7, 11) is 0. The van der Waals surface area contributed by atoms with Crippen LogP contribution in [0.1, 0.15) is 17.0 Å². The number of nitrogens with one attached hydrogen (secondary N) is 1. The smallest absolute Gasteiger partial charge is 0.132 e. The Bertz CT molecular complexity index is 525. The van der Waals surface area contributed by atoms with Crippen molar-refractivity contribution in [2.45, 2.75) is 32.9 Å². The van der Waals surface area contributed by atoms with Crippen LogP contribution in [0.2, 0.25) is 0 Å². The Labute approximate surface area is 99.9 Å². The first-order chi connectivity index (χ1) is 8.24. The largest absolute Gasteiger partial charge is 0.365 e. The fourth-order valence-electron chi connectivity index (χ4n) is 2.21. The normalized spacial score (nSPS) is 18.1. The lowest BCUT2D eigenvalue weighted by Crippen LogP contribution is -2.22. The van der Waals surface area contributed by atoms with Gasteiger partial charge in [0.25, 0.3) is 0 Å². The molecule has 3 heterocycles. The fourth-order valence-corrected chi connectivity index (χ4v) is 2.21. The van der Waals surface area contributed by atoms with Crippen molar-refractivity contribution in [3.63, 3.8) is 0 Å². The summed E-state index contributed by atoms with van der Waals surface area (Å²) in [4.78, 5) is 12.6. The molecule has 1 unspecified atom stereocenters. The van der Waals surface area contributed by atoms with Crippen LogP contribution in [0.15, 0.2) is 18.9 Å². The van der Waals surface area contributed by atoms with E-state index in [-0.39, 0.29) is 0 Å². The number of hydrogen-bond acceptors (Lipinski definition) is 4. The van der Waals surface area contributed by atoms with E-state index in [2.05, 4.69) is 31.8 Å². The van der Waals surface area contributed by atoms with Gasteiger partial charge in [0.05, 0.1) is 12.4 Å². The van der Waals surface area contributed by atoms with E-state index in [1.165, 1.54) is 5.69 Å². The Morgan fingerprint density at radius 1 is 1.35 bits per heavy atom. The van der Waals surface area contributed by atoms with Crippen LogP contribution in [0.25, 0.3) is 0 Å². The molecule has 1 atom stereocenters. The molecule has 88 valence electrons. The summed E-state index contributed by atoms with van der Waals surface area (Å²) in [6.07, 6.45) is 6.43. The van der Waals surface area contributed by atoms with E-state index in [9.17, 15) is 0 Å². The van der Waals surface area contributed by atoms with Gasteiger partial charge in [0.1, 0.15) is 12.1 Å². The van der Waals surface area contributed by atoms with E-state index in [1.807, 2.05) is 19.4 Å². The van der Waals surface area contributed by atoms with Crippen LogP contribution in [0, 0.1) is 13.8 Å². The van der Waals surface area contributed by atoms with Crippen LogP contribution in [-0.4, -0.2) is 25.6 Å². The standard InChI is InChI=1S/C12H15N5/c1-8-9(2)14-6-15-12(8)16-10-3-11-4-13-7-17(11)5-10/h4,6-7,10H,3,5H2,1-2H3,(H,14,15,16). The highest BCUT2D eigenvalue weighted by Crippen LogP contribution is 2.20. The zero-order valence-corrected chi connectivity index (χ0v) is 10.0. The summed E-state index contributed by atoms with van der Waals surface area (Å²) in [5, 5.41) is 3.48. The summed E-state index contributed by atoms with van der Waals surface area (Å²) in [6.45, 7) is 5.01. The summed E-state index contributed by atoms with van der Waals surface area (Å²) in [6, 6.07) is 0.404. The number of hydrogen-bond donors (Lipinski definition) is 1. The van der Waals surface area contributed by atoms with Crippen molar-refractivity contribution in [2.75, 3.05) is 5.32 Å². The number of nitrogens with zero attached hydrogens (tertiary/aromatic N) is 4. The second kappa shape index (κ2) is 3.84. The highest BCUT2D eigenvalue weighted by atomic mass is 15.1. The number of aryl methyl sites for hydroxylation is 1.